The Morgan fingerprint density at radius 1 is 1.29 bits per heavy atom. The van der Waals surface area contributed by atoms with Crippen molar-refractivity contribution in [3.63, 3.8) is 0 Å². The first-order chi connectivity index (χ1) is 10.1. The normalized spacial score (nSPS) is 13.7. The molecule has 0 fully saturated rings. The van der Waals surface area contributed by atoms with Crippen molar-refractivity contribution >= 4 is 5.97 Å². The molecule has 1 heterocycles. The van der Waals surface area contributed by atoms with Crippen molar-refractivity contribution in [1.29, 1.82) is 0 Å². The molecule has 0 aliphatic carbocycles. The number of hydrogen-bond donors (Lipinski definition) is 1. The fourth-order valence-corrected chi connectivity index (χ4v) is 2.37. The summed E-state index contributed by atoms with van der Waals surface area (Å²) in [6.07, 6.45) is 0.877. The van der Waals surface area contributed by atoms with Gasteiger partial charge in [0, 0.05) is 19.0 Å². The molecule has 116 valence electrons. The van der Waals surface area contributed by atoms with E-state index in [0.29, 0.717) is 25.7 Å². The van der Waals surface area contributed by atoms with E-state index in [9.17, 15) is 4.79 Å². The molecule has 0 saturated heterocycles. The summed E-state index contributed by atoms with van der Waals surface area (Å²) in [4.78, 5) is 12.9. The zero-order valence-corrected chi connectivity index (χ0v) is 12.7. The summed E-state index contributed by atoms with van der Waals surface area (Å²) in [5.41, 5.74) is 1.16. The molecule has 0 unspecified atom stereocenters. The summed E-state index contributed by atoms with van der Waals surface area (Å²) >= 11 is 0. The summed E-state index contributed by atoms with van der Waals surface area (Å²) in [6.45, 7) is 6.99. The molecule has 5 heteroatoms. The predicted molar refractivity (Wildman–Crippen MR) is 79.8 cm³/mol. The van der Waals surface area contributed by atoms with Crippen LogP contribution < -0.4 is 9.47 Å². The van der Waals surface area contributed by atoms with Crippen LogP contribution in [0.3, 0.4) is 0 Å². The molecule has 0 aromatic heterocycles. The maximum atomic E-state index is 10.6. The molecule has 1 N–H and O–H groups in total. The van der Waals surface area contributed by atoms with Gasteiger partial charge < -0.3 is 14.6 Å². The summed E-state index contributed by atoms with van der Waals surface area (Å²) in [6, 6.07) is 6.37. The Hall–Kier alpha value is -1.75. The van der Waals surface area contributed by atoms with E-state index < -0.39 is 5.97 Å². The van der Waals surface area contributed by atoms with Crippen LogP contribution in [0.1, 0.15) is 32.3 Å². The summed E-state index contributed by atoms with van der Waals surface area (Å²) in [5.74, 6) is 0.859. The van der Waals surface area contributed by atoms with Crippen molar-refractivity contribution in [2.45, 2.75) is 39.3 Å². The van der Waals surface area contributed by atoms with E-state index in [2.05, 4.69) is 18.7 Å². The van der Waals surface area contributed by atoms with Crippen LogP contribution in [0.2, 0.25) is 0 Å². The van der Waals surface area contributed by atoms with E-state index in [0.717, 1.165) is 30.2 Å². The molecule has 0 radical (unpaired) electrons. The maximum Gasteiger partial charge on any atom is 0.303 e. The summed E-state index contributed by atoms with van der Waals surface area (Å²) < 4.78 is 11.1. The van der Waals surface area contributed by atoms with Crippen LogP contribution in [-0.2, 0) is 11.3 Å². The predicted octanol–water partition coefficient (Wildman–Crippen LogP) is 2.53. The van der Waals surface area contributed by atoms with Crippen molar-refractivity contribution in [1.82, 2.24) is 4.90 Å². The number of carboxylic acid groups (broad SMARTS) is 1. The molecular formula is C16H23NO4. The van der Waals surface area contributed by atoms with Gasteiger partial charge in [0.15, 0.2) is 11.5 Å². The molecule has 0 atom stereocenters. The second kappa shape index (κ2) is 7.31. The number of fused-ring (bicyclic) bond motifs is 1. The lowest BCUT2D eigenvalue weighted by Gasteiger charge is -2.27. The van der Waals surface area contributed by atoms with Crippen LogP contribution in [0.5, 0.6) is 11.5 Å². The quantitative estimate of drug-likeness (QED) is 0.837. The number of rotatable bonds is 7. The number of benzene rings is 1. The van der Waals surface area contributed by atoms with Gasteiger partial charge in [0.25, 0.3) is 0 Å². The molecule has 1 aromatic rings. The molecule has 1 aliphatic rings. The van der Waals surface area contributed by atoms with Crippen molar-refractivity contribution in [2.24, 2.45) is 0 Å². The van der Waals surface area contributed by atoms with E-state index in [1.165, 1.54) is 0 Å². The van der Waals surface area contributed by atoms with Crippen LogP contribution in [0.25, 0.3) is 0 Å². The van der Waals surface area contributed by atoms with Crippen LogP contribution >= 0.6 is 0 Å². The van der Waals surface area contributed by atoms with Gasteiger partial charge in [-0.3, -0.25) is 9.69 Å². The number of nitrogens with zero attached hydrogens (tertiary/aromatic N) is 1. The highest BCUT2D eigenvalue weighted by molar-refractivity contribution is 5.66. The van der Waals surface area contributed by atoms with Crippen molar-refractivity contribution < 1.29 is 19.4 Å². The molecule has 1 aromatic carbocycles. The Labute approximate surface area is 125 Å². The van der Waals surface area contributed by atoms with E-state index in [1.807, 2.05) is 18.2 Å². The first-order valence-corrected chi connectivity index (χ1v) is 7.40. The lowest BCUT2D eigenvalue weighted by Crippen LogP contribution is -2.31. The highest BCUT2D eigenvalue weighted by Gasteiger charge is 2.15. The van der Waals surface area contributed by atoms with Gasteiger partial charge >= 0.3 is 5.97 Å². The number of carboxylic acids is 1. The maximum absolute atomic E-state index is 10.6. The second-order valence-electron chi connectivity index (χ2n) is 5.54. The Balaban J connectivity index is 1.97. The van der Waals surface area contributed by atoms with Gasteiger partial charge in [-0.25, -0.2) is 0 Å². The molecule has 0 saturated carbocycles. The van der Waals surface area contributed by atoms with E-state index >= 15 is 0 Å². The number of carbonyl (C=O) groups is 1. The van der Waals surface area contributed by atoms with Crippen molar-refractivity contribution in [3.8, 4) is 11.5 Å². The van der Waals surface area contributed by atoms with Crippen LogP contribution in [0.15, 0.2) is 18.2 Å². The molecule has 0 spiro atoms. The number of aliphatic carboxylic acids is 1. The van der Waals surface area contributed by atoms with Gasteiger partial charge in [0.2, 0.25) is 0 Å². The van der Waals surface area contributed by atoms with Gasteiger partial charge in [0.1, 0.15) is 13.2 Å². The lowest BCUT2D eigenvalue weighted by molar-refractivity contribution is -0.137. The van der Waals surface area contributed by atoms with Gasteiger partial charge in [-0.15, -0.1) is 0 Å². The highest BCUT2D eigenvalue weighted by Crippen LogP contribution is 2.31. The highest BCUT2D eigenvalue weighted by atomic mass is 16.6. The average Bonchev–Trinajstić information content (AvgIpc) is 2.45. The molecule has 2 rings (SSSR count). The van der Waals surface area contributed by atoms with E-state index in [-0.39, 0.29) is 6.42 Å². The van der Waals surface area contributed by atoms with E-state index in [4.69, 9.17) is 14.6 Å². The monoisotopic (exact) mass is 293 g/mol. The van der Waals surface area contributed by atoms with Crippen LogP contribution in [0, 0.1) is 0 Å². The Morgan fingerprint density at radius 3 is 2.67 bits per heavy atom. The molecule has 0 bridgehead atoms. The minimum absolute atomic E-state index is 0.213. The molecule has 1 aliphatic heterocycles. The topological polar surface area (TPSA) is 59.0 Å². The van der Waals surface area contributed by atoms with Gasteiger partial charge in [0.05, 0.1) is 0 Å². The first-order valence-electron chi connectivity index (χ1n) is 7.40. The molecule has 0 amide bonds. The first kappa shape index (κ1) is 15.6. The van der Waals surface area contributed by atoms with Gasteiger partial charge in [-0.05, 0) is 44.5 Å². The Bertz CT molecular complexity index is 487. The van der Waals surface area contributed by atoms with Gasteiger partial charge in [-0.2, -0.15) is 0 Å². The average molecular weight is 293 g/mol. The zero-order chi connectivity index (χ0) is 15.2. The van der Waals surface area contributed by atoms with Crippen LogP contribution in [-0.4, -0.2) is 41.8 Å². The van der Waals surface area contributed by atoms with Crippen molar-refractivity contribution in [3.05, 3.63) is 23.8 Å². The third-order valence-corrected chi connectivity index (χ3v) is 3.56. The standard InChI is InChI=1S/C16H23NO4/c1-12(2)17(7-3-4-16(18)19)11-13-5-6-14-15(10-13)21-9-8-20-14/h5-6,10,12H,3-4,7-9,11H2,1-2H3,(H,18,19). The lowest BCUT2D eigenvalue weighted by atomic mass is 10.1. The number of ether oxygens (including phenoxy) is 2. The zero-order valence-electron chi connectivity index (χ0n) is 12.7. The third kappa shape index (κ3) is 4.63. The Morgan fingerprint density at radius 2 is 2.00 bits per heavy atom. The second-order valence-corrected chi connectivity index (χ2v) is 5.54. The van der Waals surface area contributed by atoms with E-state index in [1.54, 1.807) is 0 Å². The number of hydrogen-bond acceptors (Lipinski definition) is 4. The third-order valence-electron chi connectivity index (χ3n) is 3.56. The Kier molecular flexibility index (Phi) is 5.44. The fraction of sp³-hybridized carbons (Fsp3) is 0.562. The largest absolute Gasteiger partial charge is 0.486 e. The fourth-order valence-electron chi connectivity index (χ4n) is 2.37. The smallest absolute Gasteiger partial charge is 0.303 e. The van der Waals surface area contributed by atoms with Crippen LogP contribution in [0.4, 0.5) is 0 Å². The van der Waals surface area contributed by atoms with Gasteiger partial charge in [-0.1, -0.05) is 6.07 Å². The summed E-state index contributed by atoms with van der Waals surface area (Å²) in [7, 11) is 0. The minimum Gasteiger partial charge on any atom is -0.486 e. The summed E-state index contributed by atoms with van der Waals surface area (Å²) in [5, 5.41) is 8.74. The molecule has 5 nitrogen and oxygen atoms in total. The minimum atomic E-state index is -0.738. The van der Waals surface area contributed by atoms with Crippen molar-refractivity contribution in [2.75, 3.05) is 19.8 Å². The SMILES string of the molecule is CC(C)N(CCCC(=O)O)Cc1ccc2c(c1)OCCO2. The molecule has 21 heavy (non-hydrogen) atoms. The molecular weight excluding hydrogens is 270 g/mol.